The Morgan fingerprint density at radius 2 is 1.60 bits per heavy atom. The van der Waals surface area contributed by atoms with E-state index in [-0.39, 0.29) is 34.2 Å². The number of fused-ring (bicyclic) bond motifs is 1. The summed E-state index contributed by atoms with van der Waals surface area (Å²) in [6.45, 7) is 17.2. The zero-order valence-corrected chi connectivity index (χ0v) is 32.4. The summed E-state index contributed by atoms with van der Waals surface area (Å²) in [5, 5.41) is 11.3. The number of hydrogen-bond donors (Lipinski definition) is 3. The van der Waals surface area contributed by atoms with Gasteiger partial charge in [-0.05, 0) is 36.5 Å². The van der Waals surface area contributed by atoms with Crippen molar-refractivity contribution in [3.05, 3.63) is 46.6 Å². The topological polar surface area (TPSA) is 171 Å². The second-order valence-electron chi connectivity index (χ2n) is 15.2. The lowest BCUT2D eigenvalue weighted by molar-refractivity contribution is -0.134. The number of nitrogens with one attached hydrogen (secondary N) is 1. The van der Waals surface area contributed by atoms with Crippen molar-refractivity contribution in [2.24, 2.45) is 12.8 Å². The molecule has 15 heteroatoms. The second kappa shape index (κ2) is 15.0. The number of carbonyl (C=O) groups is 3. The number of nitrogens with two attached hydrogens (primary N) is 1. The fourth-order valence-corrected chi connectivity index (χ4v) is 8.11. The van der Waals surface area contributed by atoms with Gasteiger partial charge < -0.3 is 25.0 Å². The van der Waals surface area contributed by atoms with E-state index in [0.29, 0.717) is 67.3 Å². The first-order valence-corrected chi connectivity index (χ1v) is 19.5. The number of para-hydroxylation sites is 1. The zero-order valence-electron chi connectivity index (χ0n) is 31.6. The molecule has 0 atom stereocenters. The molecular weight excluding hydrogens is 687 g/mol. The van der Waals surface area contributed by atoms with Crippen LogP contribution in [0.5, 0.6) is 5.75 Å². The van der Waals surface area contributed by atoms with Crippen LogP contribution >= 0.6 is 0 Å². The highest BCUT2D eigenvalue weighted by Gasteiger charge is 2.35. The Balaban J connectivity index is 1.52. The van der Waals surface area contributed by atoms with Crippen LogP contribution in [-0.4, -0.2) is 134 Å². The summed E-state index contributed by atoms with van der Waals surface area (Å²) in [6.07, 6.45) is 0.977. The van der Waals surface area contributed by atoms with Crippen molar-refractivity contribution in [1.29, 1.82) is 0 Å². The van der Waals surface area contributed by atoms with Gasteiger partial charge in [-0.1, -0.05) is 39.0 Å². The lowest BCUT2D eigenvalue weighted by Crippen LogP contribution is -2.54. The van der Waals surface area contributed by atoms with Crippen LogP contribution < -0.4 is 15.2 Å². The third-order valence-electron chi connectivity index (χ3n) is 10.2. The van der Waals surface area contributed by atoms with Gasteiger partial charge in [0.25, 0.3) is 5.91 Å². The van der Waals surface area contributed by atoms with Gasteiger partial charge in [0.05, 0.1) is 36.7 Å². The highest BCUT2D eigenvalue weighted by atomic mass is 32.2. The molecule has 2 saturated heterocycles. The molecule has 0 aliphatic carbocycles. The van der Waals surface area contributed by atoms with E-state index in [1.807, 2.05) is 43.9 Å². The van der Waals surface area contributed by atoms with Gasteiger partial charge in [0.15, 0.2) is 5.75 Å². The monoisotopic (exact) mass is 739 g/mol. The number of sulfonamides is 1. The quantitative estimate of drug-likeness (QED) is 0.266. The maximum absolute atomic E-state index is 13.2. The molecule has 0 radical (unpaired) electrons. The molecule has 2 aliphatic rings. The largest absolute Gasteiger partial charge is 0.494 e. The summed E-state index contributed by atoms with van der Waals surface area (Å²) in [6, 6.07) is 7.71. The molecule has 5 rings (SSSR count). The molecule has 3 heterocycles. The van der Waals surface area contributed by atoms with E-state index in [9.17, 15) is 27.9 Å². The number of primary amides is 1. The number of anilines is 1. The number of aryl methyl sites for hydroxylation is 1. The number of ether oxygens (including phenoxy) is 1. The maximum Gasteiger partial charge on any atom is 0.353 e. The average molecular weight is 740 g/mol. The first kappa shape index (κ1) is 39.0. The van der Waals surface area contributed by atoms with E-state index in [0.717, 1.165) is 38.0 Å². The second-order valence-corrected chi connectivity index (χ2v) is 17.0. The number of carbonyl (C=O) groups excluding carboxylic acids is 2. The molecule has 0 spiro atoms. The fourth-order valence-electron chi connectivity index (χ4n) is 7.55. The Morgan fingerprint density at radius 3 is 2.12 bits per heavy atom. The molecule has 52 heavy (non-hydrogen) atoms. The van der Waals surface area contributed by atoms with Crippen LogP contribution in [-0.2, 0) is 33.8 Å². The van der Waals surface area contributed by atoms with Gasteiger partial charge in [-0.25, -0.2) is 13.2 Å². The number of aromatic carboxylic acids is 1. The number of hydrogen-bond acceptors (Lipinski definition) is 9. The smallest absolute Gasteiger partial charge is 0.353 e. The number of aromatic nitrogens is 1. The third kappa shape index (κ3) is 8.07. The number of carboxylic acids is 1. The molecular formula is C37H53N7O7S. The van der Waals surface area contributed by atoms with Crippen LogP contribution in [0.4, 0.5) is 5.69 Å². The van der Waals surface area contributed by atoms with Crippen LogP contribution in [0.1, 0.15) is 66.6 Å². The van der Waals surface area contributed by atoms with Gasteiger partial charge in [-0.2, -0.15) is 0 Å². The Morgan fingerprint density at radius 1 is 0.981 bits per heavy atom. The lowest BCUT2D eigenvalue weighted by atomic mass is 9.79. The number of piperazine rings is 2. The minimum atomic E-state index is -3.95. The molecule has 3 aromatic rings. The molecule has 14 nitrogen and oxygen atoms in total. The highest BCUT2D eigenvalue weighted by molar-refractivity contribution is 7.92. The number of benzene rings is 2. The number of amides is 2. The predicted octanol–water partition coefficient (Wildman–Crippen LogP) is 2.99. The Labute approximate surface area is 306 Å². The first-order valence-electron chi connectivity index (χ1n) is 17.7. The predicted molar refractivity (Wildman–Crippen MR) is 203 cm³/mol. The van der Waals surface area contributed by atoms with Crippen molar-refractivity contribution >= 4 is 44.4 Å². The molecule has 2 aromatic carbocycles. The SMILES string of the molecule is COc1c(C(N)=O)cc(C(C)(C)C)c(-c2c(C(=O)O)n(C)c3c(CN4CCN(C(=O)CN5CCN(C(C)C)CC5)CC4)cccc23)c1NS(C)(=O)=O. The minimum Gasteiger partial charge on any atom is -0.494 e. The van der Waals surface area contributed by atoms with Crippen molar-refractivity contribution < 1.29 is 32.6 Å². The van der Waals surface area contributed by atoms with E-state index >= 15 is 0 Å². The van der Waals surface area contributed by atoms with E-state index in [2.05, 4.69) is 33.3 Å². The summed E-state index contributed by atoms with van der Waals surface area (Å²) in [5.41, 5.74) is 7.57. The fraction of sp³-hybridized carbons (Fsp3) is 0.541. The van der Waals surface area contributed by atoms with E-state index in [4.69, 9.17) is 10.5 Å². The van der Waals surface area contributed by atoms with Gasteiger partial charge in [0, 0.05) is 88.5 Å². The summed E-state index contributed by atoms with van der Waals surface area (Å²) >= 11 is 0. The summed E-state index contributed by atoms with van der Waals surface area (Å²) in [5.74, 6) is -1.99. The summed E-state index contributed by atoms with van der Waals surface area (Å²) in [4.78, 5) is 47.9. The standard InChI is InChI=1S/C37H53N7O7S/c1-23(2)43-16-12-42(13-17-43)22-28(45)44-18-14-41(15-19-44)21-24-10-9-11-25-29(33(36(47)48)40(6)32(24)25)30-27(37(3,4)5)20-26(35(38)46)34(51-7)31(30)39-52(8,49)50/h9-11,20,23,39H,12-19,21-22H2,1-8H3,(H2,38,46)(H,47,48). The van der Waals surface area contributed by atoms with Crippen LogP contribution in [0.15, 0.2) is 24.3 Å². The lowest BCUT2D eigenvalue weighted by Gasteiger charge is -2.39. The first-order chi connectivity index (χ1) is 24.3. The molecule has 2 fully saturated rings. The molecule has 2 amide bonds. The number of nitrogens with zero attached hydrogens (tertiary/aromatic N) is 5. The van der Waals surface area contributed by atoms with Crippen molar-refractivity contribution in [2.75, 3.05) is 77.0 Å². The average Bonchev–Trinajstić information content (AvgIpc) is 3.36. The van der Waals surface area contributed by atoms with Crippen LogP contribution in [0.2, 0.25) is 0 Å². The van der Waals surface area contributed by atoms with Gasteiger partial charge >= 0.3 is 5.97 Å². The summed E-state index contributed by atoms with van der Waals surface area (Å²) < 4.78 is 35.4. The maximum atomic E-state index is 13.2. The molecule has 4 N–H and O–H groups in total. The molecule has 1 aromatic heterocycles. The van der Waals surface area contributed by atoms with Crippen molar-refractivity contribution in [1.82, 2.24) is 24.2 Å². The number of methoxy groups -OCH3 is 1. The van der Waals surface area contributed by atoms with Crippen molar-refractivity contribution in [3.8, 4) is 16.9 Å². The molecule has 284 valence electrons. The Hall–Kier alpha value is -4.18. The van der Waals surface area contributed by atoms with E-state index in [1.54, 1.807) is 17.7 Å². The van der Waals surface area contributed by atoms with Crippen LogP contribution in [0.3, 0.4) is 0 Å². The third-order valence-corrected chi connectivity index (χ3v) is 10.8. The van der Waals surface area contributed by atoms with Gasteiger partial charge in [-0.3, -0.25) is 29.0 Å². The normalized spacial score (nSPS) is 16.8. The zero-order chi connectivity index (χ0) is 38.3. The van der Waals surface area contributed by atoms with Crippen molar-refractivity contribution in [2.45, 2.75) is 52.6 Å². The molecule has 0 unspecified atom stereocenters. The van der Waals surface area contributed by atoms with E-state index in [1.165, 1.54) is 7.11 Å². The van der Waals surface area contributed by atoms with Gasteiger partial charge in [0.1, 0.15) is 5.69 Å². The Kier molecular flexibility index (Phi) is 11.3. The van der Waals surface area contributed by atoms with Crippen LogP contribution in [0.25, 0.3) is 22.0 Å². The molecule has 2 aliphatic heterocycles. The minimum absolute atomic E-state index is 0.0357. The van der Waals surface area contributed by atoms with Gasteiger partial charge in [0.2, 0.25) is 15.9 Å². The van der Waals surface area contributed by atoms with E-state index < -0.39 is 27.3 Å². The number of rotatable bonds is 11. The van der Waals surface area contributed by atoms with Crippen molar-refractivity contribution in [3.63, 3.8) is 0 Å². The van der Waals surface area contributed by atoms with Gasteiger partial charge in [-0.15, -0.1) is 0 Å². The number of carboxylic acid groups (broad SMARTS) is 1. The Bertz CT molecular complexity index is 1970. The van der Waals surface area contributed by atoms with Crippen LogP contribution in [0, 0.1) is 0 Å². The summed E-state index contributed by atoms with van der Waals surface area (Å²) in [7, 11) is -0.964. The molecule has 0 saturated carbocycles. The molecule has 0 bridgehead atoms. The highest BCUT2D eigenvalue weighted by Crippen LogP contribution is 2.49.